The zero-order valence-corrected chi connectivity index (χ0v) is 24.8. The number of pyridine rings is 1. The minimum Gasteiger partial charge on any atom is -0.457 e. The van der Waals surface area contributed by atoms with Crippen molar-refractivity contribution in [3.8, 4) is 11.5 Å². The molecule has 9 heteroatoms. The number of fused-ring (bicyclic) bond motifs is 1. The summed E-state index contributed by atoms with van der Waals surface area (Å²) >= 11 is 0. The molecule has 1 fully saturated rings. The number of imidazole rings is 1. The first-order chi connectivity index (χ1) is 19.7. The van der Waals surface area contributed by atoms with Gasteiger partial charge in [0.2, 0.25) is 5.95 Å². The molecule has 0 atom stereocenters. The van der Waals surface area contributed by atoms with E-state index in [0.29, 0.717) is 23.7 Å². The van der Waals surface area contributed by atoms with Crippen molar-refractivity contribution in [2.45, 2.75) is 32.6 Å². The summed E-state index contributed by atoms with van der Waals surface area (Å²) in [5.74, 6) is 1.75. The van der Waals surface area contributed by atoms with Gasteiger partial charge in [-0.1, -0.05) is 32.9 Å². The van der Waals surface area contributed by atoms with Gasteiger partial charge in [0.15, 0.2) is 0 Å². The Kier molecular flexibility index (Phi) is 8.56. The summed E-state index contributed by atoms with van der Waals surface area (Å²) in [5.41, 5.74) is 4.45. The van der Waals surface area contributed by atoms with Gasteiger partial charge in [0.25, 0.3) is 5.91 Å². The minimum absolute atomic E-state index is 0.0638. The van der Waals surface area contributed by atoms with Crippen molar-refractivity contribution in [3.63, 3.8) is 0 Å². The van der Waals surface area contributed by atoms with E-state index >= 15 is 0 Å². The number of carbonyl (C=O) groups is 1. The molecule has 4 aromatic rings. The lowest BCUT2D eigenvalue weighted by molar-refractivity contribution is 0.0944. The first-order valence-electron chi connectivity index (χ1n) is 14.3. The molecule has 0 radical (unpaired) electrons. The lowest BCUT2D eigenvalue weighted by atomic mass is 9.87. The third kappa shape index (κ3) is 7.23. The summed E-state index contributed by atoms with van der Waals surface area (Å²) in [6.45, 7) is 12.6. The third-order valence-electron chi connectivity index (χ3n) is 7.57. The molecule has 3 heterocycles. The molecule has 1 aliphatic heterocycles. The molecular weight excluding hydrogens is 514 g/mol. The lowest BCUT2D eigenvalue weighted by Crippen LogP contribution is -2.45. The highest BCUT2D eigenvalue weighted by atomic mass is 16.5. The van der Waals surface area contributed by atoms with Crippen LogP contribution in [0.15, 0.2) is 60.8 Å². The molecule has 0 saturated carbocycles. The van der Waals surface area contributed by atoms with Gasteiger partial charge in [-0.2, -0.15) is 0 Å². The quantitative estimate of drug-likeness (QED) is 0.276. The zero-order chi connectivity index (χ0) is 29.0. The van der Waals surface area contributed by atoms with Crippen LogP contribution in [0.25, 0.3) is 11.0 Å². The SMILES string of the molecule is CN1CCN(CCCNC(=O)c2cc(Oc3ccc4c(c3)nc(Nc3cccc(C(C)(C)C)c3)n4C)ccn2)CC1. The number of piperazine rings is 1. The molecule has 2 aromatic heterocycles. The largest absolute Gasteiger partial charge is 0.457 e. The van der Waals surface area contributed by atoms with E-state index in [1.54, 1.807) is 18.3 Å². The smallest absolute Gasteiger partial charge is 0.270 e. The molecule has 0 spiro atoms. The van der Waals surface area contributed by atoms with Gasteiger partial charge in [0.1, 0.15) is 17.2 Å². The van der Waals surface area contributed by atoms with Crippen LogP contribution in [0.1, 0.15) is 43.2 Å². The molecule has 1 aliphatic rings. The molecule has 1 saturated heterocycles. The Balaban J connectivity index is 1.20. The monoisotopic (exact) mass is 555 g/mol. The van der Waals surface area contributed by atoms with Gasteiger partial charge >= 0.3 is 0 Å². The first-order valence-corrected chi connectivity index (χ1v) is 14.3. The van der Waals surface area contributed by atoms with Gasteiger partial charge in [0, 0.05) is 63.8 Å². The second kappa shape index (κ2) is 12.3. The predicted octanol–water partition coefficient (Wildman–Crippen LogP) is 5.17. The van der Waals surface area contributed by atoms with Crippen LogP contribution in [0.2, 0.25) is 0 Å². The molecule has 216 valence electrons. The molecule has 2 aromatic carbocycles. The van der Waals surface area contributed by atoms with Crippen LogP contribution in [-0.4, -0.2) is 76.6 Å². The maximum atomic E-state index is 12.7. The molecule has 0 bridgehead atoms. The van der Waals surface area contributed by atoms with E-state index in [1.807, 2.05) is 35.9 Å². The number of benzene rings is 2. The number of rotatable bonds is 9. The van der Waals surface area contributed by atoms with Crippen molar-refractivity contribution in [2.24, 2.45) is 7.05 Å². The Hall–Kier alpha value is -3.95. The highest BCUT2D eigenvalue weighted by Gasteiger charge is 2.16. The van der Waals surface area contributed by atoms with Crippen LogP contribution < -0.4 is 15.4 Å². The van der Waals surface area contributed by atoms with E-state index in [2.05, 4.69) is 71.4 Å². The van der Waals surface area contributed by atoms with E-state index < -0.39 is 0 Å². The number of hydrogen-bond acceptors (Lipinski definition) is 7. The van der Waals surface area contributed by atoms with Gasteiger partial charge in [-0.05, 0) is 61.3 Å². The average Bonchev–Trinajstić information content (AvgIpc) is 3.25. The second-order valence-corrected chi connectivity index (χ2v) is 11.8. The van der Waals surface area contributed by atoms with Crippen LogP contribution in [0.4, 0.5) is 11.6 Å². The van der Waals surface area contributed by atoms with Crippen LogP contribution in [0.5, 0.6) is 11.5 Å². The Labute approximate surface area is 242 Å². The number of aromatic nitrogens is 3. The second-order valence-electron chi connectivity index (χ2n) is 11.8. The third-order valence-corrected chi connectivity index (χ3v) is 7.57. The van der Waals surface area contributed by atoms with Crippen molar-refractivity contribution >= 4 is 28.6 Å². The predicted molar refractivity (Wildman–Crippen MR) is 164 cm³/mol. The normalized spacial score (nSPS) is 14.8. The standard InChI is InChI=1S/C32H41N7O2/c1-32(2,3)23-8-6-9-24(20-23)35-31-36-27-21-25(10-11-29(27)38(31)5)41-26-12-14-33-28(22-26)30(40)34-13-7-15-39-18-16-37(4)17-19-39/h6,8-12,14,20-22H,7,13,15-19H2,1-5H3,(H,34,40)(H,35,36). The number of aryl methyl sites for hydroxylation is 1. The Morgan fingerprint density at radius 1 is 0.976 bits per heavy atom. The molecule has 0 unspecified atom stereocenters. The topological polar surface area (TPSA) is 87.5 Å². The molecular formula is C32H41N7O2. The van der Waals surface area contributed by atoms with E-state index in [9.17, 15) is 4.79 Å². The number of hydrogen-bond donors (Lipinski definition) is 2. The summed E-state index contributed by atoms with van der Waals surface area (Å²) in [5, 5.41) is 6.45. The fraction of sp³-hybridized carbons (Fsp3) is 0.406. The summed E-state index contributed by atoms with van der Waals surface area (Å²) in [4.78, 5) is 26.6. The molecule has 2 N–H and O–H groups in total. The van der Waals surface area contributed by atoms with Crippen LogP contribution in [-0.2, 0) is 12.5 Å². The Morgan fingerprint density at radius 3 is 2.54 bits per heavy atom. The summed E-state index contributed by atoms with van der Waals surface area (Å²) < 4.78 is 8.14. The van der Waals surface area contributed by atoms with Gasteiger partial charge in [0.05, 0.1) is 11.0 Å². The van der Waals surface area contributed by atoms with E-state index in [4.69, 9.17) is 9.72 Å². The zero-order valence-electron chi connectivity index (χ0n) is 24.8. The molecule has 0 aliphatic carbocycles. The van der Waals surface area contributed by atoms with E-state index in [1.165, 1.54) is 5.56 Å². The summed E-state index contributed by atoms with van der Waals surface area (Å²) in [7, 11) is 4.15. The molecule has 1 amide bonds. The Morgan fingerprint density at radius 2 is 1.76 bits per heavy atom. The van der Waals surface area contributed by atoms with Gasteiger partial charge in [-0.25, -0.2) is 4.98 Å². The van der Waals surface area contributed by atoms with Gasteiger partial charge < -0.3 is 29.7 Å². The number of likely N-dealkylation sites (N-methyl/N-ethyl adjacent to an activating group) is 1. The maximum Gasteiger partial charge on any atom is 0.270 e. The summed E-state index contributed by atoms with van der Waals surface area (Å²) in [6, 6.07) is 17.7. The first kappa shape index (κ1) is 28.6. The van der Waals surface area contributed by atoms with Crippen molar-refractivity contribution in [3.05, 3.63) is 72.1 Å². The van der Waals surface area contributed by atoms with Crippen LogP contribution >= 0.6 is 0 Å². The van der Waals surface area contributed by atoms with Gasteiger partial charge in [-0.15, -0.1) is 0 Å². The molecule has 41 heavy (non-hydrogen) atoms. The number of ether oxygens (including phenoxy) is 1. The molecule has 9 nitrogen and oxygen atoms in total. The average molecular weight is 556 g/mol. The number of amides is 1. The van der Waals surface area contributed by atoms with Crippen LogP contribution in [0.3, 0.4) is 0 Å². The highest BCUT2D eigenvalue weighted by molar-refractivity contribution is 5.92. The lowest BCUT2D eigenvalue weighted by Gasteiger charge is -2.32. The van der Waals surface area contributed by atoms with E-state index in [-0.39, 0.29) is 11.3 Å². The van der Waals surface area contributed by atoms with Crippen molar-refractivity contribution < 1.29 is 9.53 Å². The van der Waals surface area contributed by atoms with Crippen molar-refractivity contribution in [1.29, 1.82) is 0 Å². The number of carbonyl (C=O) groups excluding carboxylic acids is 1. The highest BCUT2D eigenvalue weighted by Crippen LogP contribution is 2.30. The minimum atomic E-state index is -0.194. The summed E-state index contributed by atoms with van der Waals surface area (Å²) in [6.07, 6.45) is 2.51. The Bertz CT molecular complexity index is 1500. The van der Waals surface area contributed by atoms with Gasteiger partial charge in [-0.3, -0.25) is 9.78 Å². The van der Waals surface area contributed by atoms with Crippen LogP contribution in [0, 0.1) is 0 Å². The number of nitrogens with one attached hydrogen (secondary N) is 2. The number of anilines is 2. The van der Waals surface area contributed by atoms with Crippen molar-refractivity contribution in [1.82, 2.24) is 29.7 Å². The van der Waals surface area contributed by atoms with E-state index in [0.717, 1.165) is 61.8 Å². The molecule has 5 rings (SSSR count). The van der Waals surface area contributed by atoms with Crippen molar-refractivity contribution in [2.75, 3.05) is 51.6 Å². The maximum absolute atomic E-state index is 12.7. The number of nitrogens with zero attached hydrogens (tertiary/aromatic N) is 5. The fourth-order valence-electron chi connectivity index (χ4n) is 4.95. The fourth-order valence-corrected chi connectivity index (χ4v) is 4.95.